The van der Waals surface area contributed by atoms with Crippen molar-refractivity contribution in [3.63, 3.8) is 0 Å². The van der Waals surface area contributed by atoms with Crippen molar-refractivity contribution >= 4 is 34.2 Å². The number of methoxy groups -OCH3 is 1. The minimum absolute atomic E-state index is 0.0312. The quantitative estimate of drug-likeness (QED) is 0.699. The summed E-state index contributed by atoms with van der Waals surface area (Å²) >= 11 is 0.972. The number of nitrogens with one attached hydrogen (secondary N) is 1. The number of rotatable bonds is 7. The lowest BCUT2D eigenvalue weighted by Gasteiger charge is -2.11. The monoisotopic (exact) mass is 405 g/mol. The number of carbonyl (C=O) groups excluding carboxylic acids is 3. The van der Waals surface area contributed by atoms with Crippen LogP contribution in [-0.4, -0.2) is 37.7 Å². The summed E-state index contributed by atoms with van der Waals surface area (Å²) in [5, 5.41) is 2.94. The number of ether oxygens (including phenoxy) is 3. The van der Waals surface area contributed by atoms with Gasteiger partial charge in [0.05, 0.1) is 25.4 Å². The van der Waals surface area contributed by atoms with E-state index in [4.69, 9.17) is 14.2 Å². The van der Waals surface area contributed by atoms with Gasteiger partial charge >= 0.3 is 11.9 Å². The molecule has 7 nitrogen and oxygen atoms in total. The maximum atomic E-state index is 12.7. The summed E-state index contributed by atoms with van der Waals surface area (Å²) in [4.78, 5) is 37.3. The molecule has 0 unspecified atom stereocenters. The van der Waals surface area contributed by atoms with Crippen LogP contribution < -0.4 is 10.1 Å². The van der Waals surface area contributed by atoms with Gasteiger partial charge in [-0.05, 0) is 51.5 Å². The molecule has 0 atom stereocenters. The predicted molar refractivity (Wildman–Crippen MR) is 107 cm³/mol. The molecule has 0 aliphatic rings. The number of hydrogen-bond acceptors (Lipinski definition) is 7. The second-order valence-corrected chi connectivity index (χ2v) is 7.14. The maximum Gasteiger partial charge on any atom is 0.348 e. The third kappa shape index (κ3) is 4.89. The molecule has 28 heavy (non-hydrogen) atoms. The van der Waals surface area contributed by atoms with Crippen LogP contribution in [0.25, 0.3) is 0 Å². The SMILES string of the molecule is CCOC(=O)c1c(NC(=O)c2cccc(OC(C)C)c2)sc(C(=O)OC)c1C. The number of carbonyl (C=O) groups is 3. The van der Waals surface area contributed by atoms with E-state index in [0.717, 1.165) is 11.3 Å². The second-order valence-electron chi connectivity index (χ2n) is 6.12. The molecule has 0 saturated heterocycles. The Bertz CT molecular complexity index is 887. The zero-order chi connectivity index (χ0) is 20.8. The van der Waals surface area contributed by atoms with Crippen LogP contribution in [0.5, 0.6) is 5.75 Å². The molecule has 0 radical (unpaired) electrons. The van der Waals surface area contributed by atoms with E-state index < -0.39 is 17.8 Å². The molecule has 1 N–H and O–H groups in total. The van der Waals surface area contributed by atoms with E-state index in [1.165, 1.54) is 7.11 Å². The summed E-state index contributed by atoms with van der Waals surface area (Å²) < 4.78 is 15.4. The predicted octanol–water partition coefficient (Wildman–Crippen LogP) is 4.06. The van der Waals surface area contributed by atoms with Gasteiger partial charge in [0.1, 0.15) is 15.6 Å². The highest BCUT2D eigenvalue weighted by molar-refractivity contribution is 7.18. The molecule has 0 bridgehead atoms. The molecule has 1 amide bonds. The van der Waals surface area contributed by atoms with Gasteiger partial charge in [0, 0.05) is 5.56 Å². The van der Waals surface area contributed by atoms with Gasteiger partial charge < -0.3 is 19.5 Å². The minimum Gasteiger partial charge on any atom is -0.491 e. The number of hydrogen-bond donors (Lipinski definition) is 1. The third-order valence-corrected chi connectivity index (χ3v) is 4.88. The summed E-state index contributed by atoms with van der Waals surface area (Å²) in [6, 6.07) is 6.71. The number of esters is 2. The highest BCUT2D eigenvalue weighted by Crippen LogP contribution is 2.34. The lowest BCUT2D eigenvalue weighted by molar-refractivity contribution is 0.0527. The van der Waals surface area contributed by atoms with Gasteiger partial charge in [-0.2, -0.15) is 0 Å². The number of benzene rings is 1. The van der Waals surface area contributed by atoms with Crippen LogP contribution in [-0.2, 0) is 9.47 Å². The molecule has 0 aliphatic heterocycles. The van der Waals surface area contributed by atoms with Gasteiger partial charge in [-0.15, -0.1) is 11.3 Å². The third-order valence-electron chi connectivity index (χ3n) is 3.69. The highest BCUT2D eigenvalue weighted by atomic mass is 32.1. The van der Waals surface area contributed by atoms with Crippen molar-refractivity contribution in [3.05, 3.63) is 45.8 Å². The van der Waals surface area contributed by atoms with E-state index in [2.05, 4.69) is 5.32 Å². The lowest BCUT2D eigenvalue weighted by Crippen LogP contribution is -2.15. The van der Waals surface area contributed by atoms with E-state index >= 15 is 0 Å². The Balaban J connectivity index is 2.37. The first-order valence-electron chi connectivity index (χ1n) is 8.75. The molecule has 1 heterocycles. The topological polar surface area (TPSA) is 90.9 Å². The molecule has 1 aromatic carbocycles. The molecule has 2 rings (SSSR count). The van der Waals surface area contributed by atoms with Crippen LogP contribution in [0.2, 0.25) is 0 Å². The molecular weight excluding hydrogens is 382 g/mol. The molecule has 2 aromatic rings. The average Bonchev–Trinajstić information content (AvgIpc) is 2.97. The molecule has 150 valence electrons. The fraction of sp³-hybridized carbons (Fsp3) is 0.350. The van der Waals surface area contributed by atoms with Gasteiger partial charge in [-0.3, -0.25) is 4.79 Å². The molecular formula is C20H23NO6S. The van der Waals surface area contributed by atoms with Crippen molar-refractivity contribution in [2.75, 3.05) is 19.0 Å². The molecule has 0 fully saturated rings. The number of amides is 1. The van der Waals surface area contributed by atoms with Gasteiger partial charge in [0.15, 0.2) is 0 Å². The van der Waals surface area contributed by atoms with Crippen LogP contribution in [0, 0.1) is 6.92 Å². The first kappa shape index (κ1) is 21.4. The highest BCUT2D eigenvalue weighted by Gasteiger charge is 2.27. The van der Waals surface area contributed by atoms with E-state index in [9.17, 15) is 14.4 Å². The summed E-state index contributed by atoms with van der Waals surface area (Å²) in [6.45, 7) is 7.24. The Morgan fingerprint density at radius 2 is 1.89 bits per heavy atom. The summed E-state index contributed by atoms with van der Waals surface area (Å²) in [5.74, 6) is -1.07. The van der Waals surface area contributed by atoms with Crippen molar-refractivity contribution in [1.82, 2.24) is 0 Å². The summed E-state index contributed by atoms with van der Waals surface area (Å²) in [7, 11) is 1.25. The van der Waals surface area contributed by atoms with Crippen molar-refractivity contribution in [3.8, 4) is 5.75 Å². The van der Waals surface area contributed by atoms with E-state index in [-0.39, 0.29) is 28.2 Å². The normalized spacial score (nSPS) is 10.5. The standard InChI is InChI=1S/C20H23NO6S/c1-6-26-19(23)15-12(4)16(20(24)25-5)28-18(15)21-17(22)13-8-7-9-14(10-13)27-11(2)3/h7-11H,6H2,1-5H3,(H,21,22). The second kappa shape index (κ2) is 9.36. The van der Waals surface area contributed by atoms with Gasteiger partial charge in [-0.1, -0.05) is 6.07 Å². The van der Waals surface area contributed by atoms with Gasteiger partial charge in [0.2, 0.25) is 0 Å². The Morgan fingerprint density at radius 3 is 2.50 bits per heavy atom. The molecule has 0 spiro atoms. The average molecular weight is 405 g/mol. The zero-order valence-corrected chi connectivity index (χ0v) is 17.3. The Labute approximate surface area is 167 Å². The maximum absolute atomic E-state index is 12.7. The van der Waals surface area contributed by atoms with Crippen molar-refractivity contribution in [2.45, 2.75) is 33.8 Å². The van der Waals surface area contributed by atoms with E-state index in [0.29, 0.717) is 16.9 Å². The molecule has 0 saturated carbocycles. The van der Waals surface area contributed by atoms with Crippen LogP contribution >= 0.6 is 11.3 Å². The van der Waals surface area contributed by atoms with Crippen LogP contribution in [0.4, 0.5) is 5.00 Å². The Kier molecular flexibility index (Phi) is 7.17. The molecule has 1 aromatic heterocycles. The van der Waals surface area contributed by atoms with Crippen LogP contribution in [0.15, 0.2) is 24.3 Å². The zero-order valence-electron chi connectivity index (χ0n) is 16.5. The van der Waals surface area contributed by atoms with E-state index in [1.54, 1.807) is 38.1 Å². The lowest BCUT2D eigenvalue weighted by atomic mass is 10.1. The first-order valence-corrected chi connectivity index (χ1v) is 9.57. The van der Waals surface area contributed by atoms with Crippen LogP contribution in [0.3, 0.4) is 0 Å². The number of thiophene rings is 1. The van der Waals surface area contributed by atoms with Crippen LogP contribution in [0.1, 0.15) is 56.7 Å². The van der Waals surface area contributed by atoms with Gasteiger partial charge in [-0.25, -0.2) is 9.59 Å². The fourth-order valence-corrected chi connectivity index (χ4v) is 3.60. The Morgan fingerprint density at radius 1 is 1.18 bits per heavy atom. The Hall–Kier alpha value is -2.87. The largest absolute Gasteiger partial charge is 0.491 e. The molecule has 0 aliphatic carbocycles. The van der Waals surface area contributed by atoms with E-state index in [1.807, 2.05) is 13.8 Å². The smallest absolute Gasteiger partial charge is 0.348 e. The van der Waals surface area contributed by atoms with Crippen molar-refractivity contribution in [1.29, 1.82) is 0 Å². The molecule has 8 heteroatoms. The minimum atomic E-state index is -0.612. The fourth-order valence-electron chi connectivity index (χ4n) is 2.50. The van der Waals surface area contributed by atoms with Crippen molar-refractivity contribution in [2.24, 2.45) is 0 Å². The summed E-state index contributed by atoms with van der Waals surface area (Å²) in [5.41, 5.74) is 0.913. The number of anilines is 1. The van der Waals surface area contributed by atoms with Crippen molar-refractivity contribution < 1.29 is 28.6 Å². The first-order chi connectivity index (χ1) is 13.3. The van der Waals surface area contributed by atoms with Gasteiger partial charge in [0.25, 0.3) is 5.91 Å². The summed E-state index contributed by atoms with van der Waals surface area (Å²) in [6.07, 6.45) is -0.0312.